The second kappa shape index (κ2) is 8.69. The maximum Gasteiger partial charge on any atom is 0.256 e. The molecule has 3 rings (SSSR count). The Balaban J connectivity index is 1.74. The zero-order valence-corrected chi connectivity index (χ0v) is 16.5. The molecule has 7 nitrogen and oxygen atoms in total. The van der Waals surface area contributed by atoms with Crippen LogP contribution in [0.25, 0.3) is 0 Å². The first-order valence-electron chi connectivity index (χ1n) is 9.91. The van der Waals surface area contributed by atoms with E-state index in [0.717, 1.165) is 36.9 Å². The smallest absolute Gasteiger partial charge is 0.256 e. The van der Waals surface area contributed by atoms with Crippen molar-refractivity contribution in [2.24, 2.45) is 0 Å². The molecule has 1 aliphatic heterocycles. The average molecular weight is 374 g/mol. The molecule has 7 heteroatoms. The number of methoxy groups -OCH3 is 1. The first-order valence-corrected chi connectivity index (χ1v) is 9.91. The molecule has 1 saturated carbocycles. The highest BCUT2D eigenvalue weighted by Crippen LogP contribution is 2.33. The Morgan fingerprint density at radius 2 is 2.15 bits per heavy atom. The molecule has 0 saturated heterocycles. The van der Waals surface area contributed by atoms with Crippen LogP contribution < -0.4 is 15.4 Å². The number of hydrogen-bond donors (Lipinski definition) is 2. The molecular weight excluding hydrogens is 344 g/mol. The molecule has 2 aliphatic rings. The fourth-order valence-electron chi connectivity index (χ4n) is 4.08. The number of aromatic nitrogens is 1. The van der Waals surface area contributed by atoms with E-state index < -0.39 is 0 Å². The molecule has 1 atom stereocenters. The topological polar surface area (TPSA) is 83.6 Å². The van der Waals surface area contributed by atoms with Crippen LogP contribution in [0.1, 0.15) is 67.1 Å². The lowest BCUT2D eigenvalue weighted by molar-refractivity contribution is -0.123. The summed E-state index contributed by atoms with van der Waals surface area (Å²) >= 11 is 0. The van der Waals surface area contributed by atoms with Crippen molar-refractivity contribution in [3.8, 4) is 5.88 Å². The number of ether oxygens (including phenoxy) is 1. The van der Waals surface area contributed by atoms with Crippen molar-refractivity contribution in [3.05, 3.63) is 22.9 Å². The summed E-state index contributed by atoms with van der Waals surface area (Å²) in [5.74, 6) is 0.478. The van der Waals surface area contributed by atoms with Gasteiger partial charge in [0, 0.05) is 18.2 Å². The van der Waals surface area contributed by atoms with Gasteiger partial charge in [-0.3, -0.25) is 9.59 Å². The highest BCUT2D eigenvalue weighted by atomic mass is 16.5. The van der Waals surface area contributed by atoms with Gasteiger partial charge in [0.2, 0.25) is 11.8 Å². The van der Waals surface area contributed by atoms with Crippen molar-refractivity contribution in [1.29, 1.82) is 0 Å². The predicted molar refractivity (Wildman–Crippen MR) is 103 cm³/mol. The first kappa shape index (κ1) is 19.6. The van der Waals surface area contributed by atoms with Crippen molar-refractivity contribution in [2.75, 3.05) is 14.2 Å². The molecule has 1 aromatic rings. The van der Waals surface area contributed by atoms with E-state index in [0.29, 0.717) is 30.6 Å². The van der Waals surface area contributed by atoms with E-state index in [1.54, 1.807) is 14.2 Å². The minimum Gasteiger partial charge on any atom is -0.481 e. The summed E-state index contributed by atoms with van der Waals surface area (Å²) in [4.78, 5) is 31.7. The van der Waals surface area contributed by atoms with Gasteiger partial charge in [-0.25, -0.2) is 4.98 Å². The zero-order valence-electron chi connectivity index (χ0n) is 16.5. The normalized spacial score (nSPS) is 17.9. The van der Waals surface area contributed by atoms with Crippen molar-refractivity contribution in [2.45, 2.75) is 70.6 Å². The number of fused-ring (bicyclic) bond motifs is 1. The predicted octanol–water partition coefficient (Wildman–Crippen LogP) is 1.99. The van der Waals surface area contributed by atoms with Crippen LogP contribution in [0.3, 0.4) is 0 Å². The van der Waals surface area contributed by atoms with Crippen LogP contribution >= 0.6 is 0 Å². The fourth-order valence-corrected chi connectivity index (χ4v) is 4.08. The zero-order chi connectivity index (χ0) is 19.4. The SMILES string of the molecule is CCC[C@H](NC)C(=O)NCc1cc2c(nc1OC)CN(C1CCCC1)C2=O. The molecule has 0 unspecified atom stereocenters. The van der Waals surface area contributed by atoms with Gasteiger partial charge in [0.15, 0.2) is 0 Å². The van der Waals surface area contributed by atoms with Crippen LogP contribution in [-0.4, -0.2) is 47.9 Å². The Bertz CT molecular complexity index is 701. The van der Waals surface area contributed by atoms with Gasteiger partial charge in [0.1, 0.15) is 0 Å². The largest absolute Gasteiger partial charge is 0.481 e. The Morgan fingerprint density at radius 3 is 2.78 bits per heavy atom. The molecule has 0 radical (unpaired) electrons. The van der Waals surface area contributed by atoms with E-state index in [2.05, 4.69) is 15.6 Å². The van der Waals surface area contributed by atoms with E-state index in [-0.39, 0.29) is 17.9 Å². The molecular formula is C20H30N4O3. The average Bonchev–Trinajstić information content (AvgIpc) is 3.31. The van der Waals surface area contributed by atoms with Gasteiger partial charge in [-0.15, -0.1) is 0 Å². The van der Waals surface area contributed by atoms with Crippen LogP contribution in [0, 0.1) is 0 Å². The van der Waals surface area contributed by atoms with E-state index in [1.807, 2.05) is 17.9 Å². The summed E-state index contributed by atoms with van der Waals surface area (Å²) < 4.78 is 5.43. The lowest BCUT2D eigenvalue weighted by atomic mass is 10.1. The summed E-state index contributed by atoms with van der Waals surface area (Å²) in [6.45, 7) is 2.90. The summed E-state index contributed by atoms with van der Waals surface area (Å²) in [7, 11) is 3.35. The van der Waals surface area contributed by atoms with Gasteiger partial charge < -0.3 is 20.3 Å². The Hall–Kier alpha value is -2.15. The van der Waals surface area contributed by atoms with Crippen molar-refractivity contribution in [1.82, 2.24) is 20.5 Å². The molecule has 148 valence electrons. The van der Waals surface area contributed by atoms with E-state index in [4.69, 9.17) is 4.74 Å². The number of rotatable bonds is 8. The molecule has 27 heavy (non-hydrogen) atoms. The Labute approximate surface area is 160 Å². The van der Waals surface area contributed by atoms with Crippen LogP contribution in [0.2, 0.25) is 0 Å². The molecule has 2 amide bonds. The number of carbonyl (C=O) groups excluding carboxylic acids is 2. The second-order valence-corrected chi connectivity index (χ2v) is 7.37. The number of nitrogens with zero attached hydrogens (tertiary/aromatic N) is 2. The number of hydrogen-bond acceptors (Lipinski definition) is 5. The number of likely N-dealkylation sites (N-methyl/N-ethyl adjacent to an activating group) is 1. The Morgan fingerprint density at radius 1 is 1.41 bits per heavy atom. The van der Waals surface area contributed by atoms with Gasteiger partial charge in [0.05, 0.1) is 31.0 Å². The number of pyridine rings is 1. The quantitative estimate of drug-likeness (QED) is 0.727. The van der Waals surface area contributed by atoms with E-state index in [9.17, 15) is 9.59 Å². The van der Waals surface area contributed by atoms with Gasteiger partial charge in [0.25, 0.3) is 5.91 Å². The minimum absolute atomic E-state index is 0.0544. The fraction of sp³-hybridized carbons (Fsp3) is 0.650. The summed E-state index contributed by atoms with van der Waals surface area (Å²) in [6.07, 6.45) is 6.21. The van der Waals surface area contributed by atoms with Crippen LogP contribution in [0.15, 0.2) is 6.07 Å². The number of nitrogens with one attached hydrogen (secondary N) is 2. The molecule has 0 aromatic carbocycles. The molecule has 0 bridgehead atoms. The van der Waals surface area contributed by atoms with Crippen LogP contribution in [0.4, 0.5) is 0 Å². The maximum atomic E-state index is 12.9. The summed E-state index contributed by atoms with van der Waals surface area (Å²) in [5, 5.41) is 5.97. The van der Waals surface area contributed by atoms with Gasteiger partial charge >= 0.3 is 0 Å². The van der Waals surface area contributed by atoms with Gasteiger partial charge in [-0.2, -0.15) is 0 Å². The molecule has 1 aromatic heterocycles. The number of carbonyl (C=O) groups is 2. The van der Waals surface area contributed by atoms with E-state index in [1.165, 1.54) is 12.8 Å². The van der Waals surface area contributed by atoms with E-state index >= 15 is 0 Å². The minimum atomic E-state index is -0.220. The third-order valence-corrected chi connectivity index (χ3v) is 5.61. The van der Waals surface area contributed by atoms with Gasteiger partial charge in [-0.05, 0) is 32.4 Å². The highest BCUT2D eigenvalue weighted by Gasteiger charge is 2.36. The molecule has 2 N–H and O–H groups in total. The third-order valence-electron chi connectivity index (χ3n) is 5.61. The standard InChI is InChI=1S/C20H30N4O3/c1-4-7-16(21-2)18(25)22-11-13-10-15-17(23-19(13)27-3)12-24(20(15)26)14-8-5-6-9-14/h10,14,16,21H,4-9,11-12H2,1-3H3,(H,22,25)/t16-/m0/s1. The van der Waals surface area contributed by atoms with Crippen molar-refractivity contribution in [3.63, 3.8) is 0 Å². The van der Waals surface area contributed by atoms with Crippen LogP contribution in [-0.2, 0) is 17.9 Å². The molecule has 1 fully saturated rings. The lowest BCUT2D eigenvalue weighted by Gasteiger charge is -2.22. The lowest BCUT2D eigenvalue weighted by Crippen LogP contribution is -2.42. The second-order valence-electron chi connectivity index (χ2n) is 7.37. The van der Waals surface area contributed by atoms with Gasteiger partial charge in [-0.1, -0.05) is 26.2 Å². The molecule has 0 spiro atoms. The maximum absolute atomic E-state index is 12.9. The summed E-state index contributed by atoms with van der Waals surface area (Å²) in [6, 6.07) is 1.95. The monoisotopic (exact) mass is 374 g/mol. The molecule has 1 aliphatic carbocycles. The highest BCUT2D eigenvalue weighted by molar-refractivity contribution is 5.98. The first-order chi connectivity index (χ1) is 13.1. The molecule has 2 heterocycles. The van der Waals surface area contributed by atoms with Crippen molar-refractivity contribution < 1.29 is 14.3 Å². The van der Waals surface area contributed by atoms with Crippen LogP contribution in [0.5, 0.6) is 5.88 Å². The Kier molecular flexibility index (Phi) is 6.31. The third kappa shape index (κ3) is 4.08. The summed E-state index contributed by atoms with van der Waals surface area (Å²) in [5.41, 5.74) is 2.15. The number of amides is 2. The van der Waals surface area contributed by atoms with Crippen molar-refractivity contribution >= 4 is 11.8 Å².